The third-order valence-electron chi connectivity index (χ3n) is 4.00. The fraction of sp³-hybridized carbons (Fsp3) is 0.444. The molecule has 0 fully saturated rings. The second-order valence-electron chi connectivity index (χ2n) is 6.69. The number of hydrogen-bond acceptors (Lipinski definition) is 6. The minimum Gasteiger partial charge on any atom is -0.482 e. The van der Waals surface area contributed by atoms with Crippen molar-refractivity contribution in [1.29, 1.82) is 0 Å². The fourth-order valence-electron chi connectivity index (χ4n) is 2.68. The van der Waals surface area contributed by atoms with Crippen molar-refractivity contribution in [2.24, 2.45) is 5.92 Å². The molecule has 0 spiro atoms. The van der Waals surface area contributed by atoms with Crippen LogP contribution in [0.15, 0.2) is 28.8 Å². The van der Waals surface area contributed by atoms with Crippen LogP contribution in [-0.4, -0.2) is 47.1 Å². The van der Waals surface area contributed by atoms with E-state index in [4.69, 9.17) is 9.26 Å². The van der Waals surface area contributed by atoms with Crippen LogP contribution < -0.4 is 9.64 Å². The smallest absolute Gasteiger partial charge is 0.265 e. The van der Waals surface area contributed by atoms with Gasteiger partial charge in [-0.3, -0.25) is 14.5 Å². The van der Waals surface area contributed by atoms with Gasteiger partial charge in [-0.25, -0.2) is 0 Å². The highest BCUT2D eigenvalue weighted by Gasteiger charge is 2.28. The zero-order valence-electron chi connectivity index (χ0n) is 15.1. The van der Waals surface area contributed by atoms with Gasteiger partial charge >= 0.3 is 0 Å². The molecule has 0 unspecified atom stereocenters. The Morgan fingerprint density at radius 1 is 1.35 bits per heavy atom. The molecule has 1 aromatic carbocycles. The molecule has 1 aliphatic heterocycles. The van der Waals surface area contributed by atoms with Crippen LogP contribution in [0.5, 0.6) is 5.75 Å². The lowest BCUT2D eigenvalue weighted by atomic mass is 10.1. The zero-order chi connectivity index (χ0) is 18.7. The molecule has 8 heteroatoms. The van der Waals surface area contributed by atoms with Gasteiger partial charge in [0, 0.05) is 13.5 Å². The molecule has 0 atom stereocenters. The number of ether oxygens (including phenoxy) is 1. The van der Waals surface area contributed by atoms with E-state index in [0.29, 0.717) is 29.1 Å². The Morgan fingerprint density at radius 3 is 2.88 bits per heavy atom. The van der Waals surface area contributed by atoms with Gasteiger partial charge in [0.2, 0.25) is 11.8 Å². The molecule has 2 amide bonds. The topological polar surface area (TPSA) is 88.8 Å². The van der Waals surface area contributed by atoms with Gasteiger partial charge in [0.15, 0.2) is 12.4 Å². The van der Waals surface area contributed by atoms with Gasteiger partial charge < -0.3 is 14.2 Å². The van der Waals surface area contributed by atoms with Crippen LogP contribution >= 0.6 is 0 Å². The van der Waals surface area contributed by atoms with Crippen molar-refractivity contribution in [1.82, 2.24) is 15.0 Å². The van der Waals surface area contributed by atoms with Gasteiger partial charge in [-0.05, 0) is 18.1 Å². The Bertz CT molecular complexity index is 802. The summed E-state index contributed by atoms with van der Waals surface area (Å²) < 4.78 is 10.6. The molecule has 0 N–H and O–H groups in total. The van der Waals surface area contributed by atoms with E-state index in [1.807, 2.05) is 6.07 Å². The number of aromatic nitrogens is 2. The first-order valence-corrected chi connectivity index (χ1v) is 8.51. The highest BCUT2D eigenvalue weighted by Crippen LogP contribution is 2.31. The van der Waals surface area contributed by atoms with Crippen molar-refractivity contribution >= 4 is 17.5 Å². The van der Waals surface area contributed by atoms with Gasteiger partial charge in [-0.15, -0.1) is 0 Å². The molecular weight excluding hydrogens is 336 g/mol. The summed E-state index contributed by atoms with van der Waals surface area (Å²) in [7, 11) is 1.64. The number of rotatable bonds is 6. The Labute approximate surface area is 151 Å². The molecule has 138 valence electrons. The van der Waals surface area contributed by atoms with Crippen LogP contribution in [0.1, 0.15) is 25.6 Å². The summed E-state index contributed by atoms with van der Waals surface area (Å²) in [6.45, 7) is 4.20. The average Bonchev–Trinajstić information content (AvgIpc) is 3.03. The summed E-state index contributed by atoms with van der Waals surface area (Å²) in [5.74, 6) is 1.56. The number of benzene rings is 1. The second-order valence-corrected chi connectivity index (χ2v) is 6.69. The average molecular weight is 358 g/mol. The number of para-hydroxylation sites is 2. The van der Waals surface area contributed by atoms with Crippen LogP contribution in [0.2, 0.25) is 0 Å². The monoisotopic (exact) mass is 358 g/mol. The molecule has 0 radical (unpaired) electrons. The lowest BCUT2D eigenvalue weighted by Crippen LogP contribution is -2.45. The normalized spacial score (nSPS) is 13.5. The SMILES string of the molecule is CC(C)Cc1noc(CN(C)C(=O)CN2C(=O)COc3ccccc32)n1. The maximum Gasteiger partial charge on any atom is 0.265 e. The first-order chi connectivity index (χ1) is 12.4. The summed E-state index contributed by atoms with van der Waals surface area (Å²) in [6.07, 6.45) is 0.722. The van der Waals surface area contributed by atoms with E-state index in [9.17, 15) is 9.59 Å². The molecule has 2 heterocycles. The summed E-state index contributed by atoms with van der Waals surface area (Å²) in [5, 5.41) is 3.92. The van der Waals surface area contributed by atoms with E-state index in [0.717, 1.165) is 6.42 Å². The van der Waals surface area contributed by atoms with Crippen LogP contribution in [-0.2, 0) is 22.6 Å². The third kappa shape index (κ3) is 4.01. The standard InChI is InChI=1S/C18H22N4O4/c1-12(2)8-15-19-16(26-20-15)9-21(3)17(23)10-22-13-6-4-5-7-14(13)25-11-18(22)24/h4-7,12H,8-11H2,1-3H3. The molecule has 1 aliphatic rings. The predicted octanol–water partition coefficient (Wildman–Crippen LogP) is 1.65. The molecule has 8 nitrogen and oxygen atoms in total. The maximum atomic E-state index is 12.6. The highest BCUT2D eigenvalue weighted by atomic mass is 16.5. The number of anilines is 1. The van der Waals surface area contributed by atoms with Crippen molar-refractivity contribution in [2.45, 2.75) is 26.8 Å². The Morgan fingerprint density at radius 2 is 2.12 bits per heavy atom. The van der Waals surface area contributed by atoms with Crippen LogP contribution in [0, 0.1) is 5.92 Å². The first kappa shape index (κ1) is 17.9. The van der Waals surface area contributed by atoms with Crippen molar-refractivity contribution in [3.8, 4) is 5.75 Å². The molecule has 1 aromatic heterocycles. The molecule has 2 aromatic rings. The van der Waals surface area contributed by atoms with Crippen LogP contribution in [0.25, 0.3) is 0 Å². The van der Waals surface area contributed by atoms with E-state index in [1.165, 1.54) is 9.80 Å². The van der Waals surface area contributed by atoms with Crippen molar-refractivity contribution < 1.29 is 18.8 Å². The van der Waals surface area contributed by atoms with Crippen LogP contribution in [0.4, 0.5) is 5.69 Å². The van der Waals surface area contributed by atoms with Gasteiger partial charge in [-0.2, -0.15) is 4.98 Å². The molecule has 0 bridgehead atoms. The number of hydrogen-bond donors (Lipinski definition) is 0. The highest BCUT2D eigenvalue weighted by molar-refractivity contribution is 6.02. The number of likely N-dealkylation sites (N-methyl/N-ethyl adjacent to an activating group) is 1. The minimum absolute atomic E-state index is 0.0668. The van der Waals surface area contributed by atoms with Crippen LogP contribution in [0.3, 0.4) is 0 Å². The zero-order valence-corrected chi connectivity index (χ0v) is 15.1. The minimum atomic E-state index is -0.248. The Balaban J connectivity index is 1.64. The van der Waals surface area contributed by atoms with E-state index < -0.39 is 0 Å². The molecular formula is C18H22N4O4. The quantitative estimate of drug-likeness (QED) is 0.780. The fourth-order valence-corrected chi connectivity index (χ4v) is 2.68. The number of carbonyl (C=O) groups is 2. The first-order valence-electron chi connectivity index (χ1n) is 8.51. The van der Waals surface area contributed by atoms with E-state index in [1.54, 1.807) is 25.2 Å². The number of fused-ring (bicyclic) bond motifs is 1. The van der Waals surface area contributed by atoms with Gasteiger partial charge in [0.1, 0.15) is 12.3 Å². The van der Waals surface area contributed by atoms with E-state index >= 15 is 0 Å². The molecule has 0 aliphatic carbocycles. The van der Waals surface area contributed by atoms with Gasteiger partial charge in [0.25, 0.3) is 5.91 Å². The molecule has 0 saturated carbocycles. The largest absolute Gasteiger partial charge is 0.482 e. The maximum absolute atomic E-state index is 12.6. The summed E-state index contributed by atoms with van der Waals surface area (Å²) >= 11 is 0. The Hall–Kier alpha value is -2.90. The third-order valence-corrected chi connectivity index (χ3v) is 4.00. The van der Waals surface area contributed by atoms with Crippen molar-refractivity contribution in [3.05, 3.63) is 36.0 Å². The van der Waals surface area contributed by atoms with E-state index in [2.05, 4.69) is 24.0 Å². The number of amides is 2. The lowest BCUT2D eigenvalue weighted by Gasteiger charge is -2.29. The van der Waals surface area contributed by atoms with Crippen molar-refractivity contribution in [2.75, 3.05) is 25.1 Å². The molecule has 3 rings (SSSR count). The van der Waals surface area contributed by atoms with E-state index in [-0.39, 0.29) is 31.5 Å². The lowest BCUT2D eigenvalue weighted by molar-refractivity contribution is -0.131. The number of carbonyl (C=O) groups excluding carboxylic acids is 2. The number of nitrogens with zero attached hydrogens (tertiary/aromatic N) is 4. The predicted molar refractivity (Wildman–Crippen MR) is 93.6 cm³/mol. The summed E-state index contributed by atoms with van der Waals surface area (Å²) in [5.41, 5.74) is 0.600. The van der Waals surface area contributed by atoms with Crippen molar-refractivity contribution in [3.63, 3.8) is 0 Å². The molecule has 26 heavy (non-hydrogen) atoms. The Kier molecular flexibility index (Phi) is 5.20. The summed E-state index contributed by atoms with van der Waals surface area (Å²) in [4.78, 5) is 31.9. The second kappa shape index (κ2) is 7.55. The van der Waals surface area contributed by atoms with Gasteiger partial charge in [0.05, 0.1) is 12.2 Å². The molecule has 0 saturated heterocycles. The van der Waals surface area contributed by atoms with Gasteiger partial charge in [-0.1, -0.05) is 31.1 Å². The summed E-state index contributed by atoms with van der Waals surface area (Å²) in [6, 6.07) is 7.16.